The van der Waals surface area contributed by atoms with E-state index >= 15 is 0 Å². The Balaban J connectivity index is 1.95. The van der Waals surface area contributed by atoms with Crippen LogP contribution >= 0.6 is 23.2 Å². The highest BCUT2D eigenvalue weighted by molar-refractivity contribution is 6.35. The van der Waals surface area contributed by atoms with E-state index in [1.54, 1.807) is 6.07 Å². The maximum Gasteiger partial charge on any atom is 0.331 e. The fourth-order valence-corrected chi connectivity index (χ4v) is 2.57. The predicted octanol–water partition coefficient (Wildman–Crippen LogP) is 4.49. The Morgan fingerprint density at radius 3 is 2.48 bits per heavy atom. The number of halogens is 2. The number of rotatable bonds is 6. The summed E-state index contributed by atoms with van der Waals surface area (Å²) >= 11 is 11.7. The number of nitro groups is 1. The van der Waals surface area contributed by atoms with Crippen LogP contribution in [-0.4, -0.2) is 22.9 Å². The molecule has 2 aromatic rings. The highest BCUT2D eigenvalue weighted by Gasteiger charge is 2.17. The second-order valence-electron chi connectivity index (χ2n) is 5.41. The van der Waals surface area contributed by atoms with Crippen molar-refractivity contribution in [2.45, 2.75) is 13.0 Å². The molecule has 140 valence electrons. The maximum absolute atomic E-state index is 12.1. The van der Waals surface area contributed by atoms with Crippen molar-refractivity contribution in [1.29, 1.82) is 0 Å². The number of carbonyl (C=O) groups excluding carboxylic acids is 2. The van der Waals surface area contributed by atoms with E-state index in [0.717, 1.165) is 6.08 Å². The predicted molar refractivity (Wildman–Crippen MR) is 103 cm³/mol. The molecule has 0 fully saturated rings. The third-order valence-corrected chi connectivity index (χ3v) is 3.72. The monoisotopic (exact) mass is 408 g/mol. The number of hydrogen-bond acceptors (Lipinski definition) is 5. The van der Waals surface area contributed by atoms with Crippen molar-refractivity contribution in [2.75, 3.05) is 5.32 Å². The average molecular weight is 409 g/mol. The number of ether oxygens (including phenoxy) is 1. The van der Waals surface area contributed by atoms with Crippen molar-refractivity contribution in [2.24, 2.45) is 0 Å². The van der Waals surface area contributed by atoms with Crippen LogP contribution in [0.5, 0.6) is 0 Å². The van der Waals surface area contributed by atoms with Crippen molar-refractivity contribution < 1.29 is 19.2 Å². The largest absolute Gasteiger partial charge is 0.449 e. The van der Waals surface area contributed by atoms with Crippen molar-refractivity contribution >= 4 is 52.5 Å². The molecule has 0 unspecified atom stereocenters. The molecule has 1 amide bonds. The molecule has 0 aromatic heterocycles. The topological polar surface area (TPSA) is 98.5 Å². The van der Waals surface area contributed by atoms with Crippen LogP contribution in [-0.2, 0) is 14.3 Å². The molecule has 0 aliphatic rings. The van der Waals surface area contributed by atoms with Crippen LogP contribution in [0, 0.1) is 10.1 Å². The van der Waals surface area contributed by atoms with E-state index in [9.17, 15) is 19.7 Å². The number of nitrogens with one attached hydrogen (secondary N) is 1. The summed E-state index contributed by atoms with van der Waals surface area (Å²) in [4.78, 5) is 34.1. The van der Waals surface area contributed by atoms with E-state index in [2.05, 4.69) is 5.32 Å². The van der Waals surface area contributed by atoms with Crippen LogP contribution in [0.15, 0.2) is 48.5 Å². The van der Waals surface area contributed by atoms with Gasteiger partial charge in [-0.05, 0) is 36.8 Å². The van der Waals surface area contributed by atoms with Crippen LogP contribution in [0.1, 0.15) is 12.5 Å². The number of hydrogen-bond donors (Lipinski definition) is 1. The number of amides is 1. The van der Waals surface area contributed by atoms with Crippen LogP contribution in [0.3, 0.4) is 0 Å². The van der Waals surface area contributed by atoms with Crippen LogP contribution in [0.2, 0.25) is 10.0 Å². The summed E-state index contributed by atoms with van der Waals surface area (Å²) in [7, 11) is 0. The van der Waals surface area contributed by atoms with E-state index in [-0.39, 0.29) is 5.69 Å². The molecule has 1 atom stereocenters. The number of non-ortho nitro benzene ring substituents is 1. The van der Waals surface area contributed by atoms with Gasteiger partial charge in [-0.2, -0.15) is 0 Å². The fraction of sp³-hybridized carbons (Fsp3) is 0.111. The number of carbonyl (C=O) groups is 2. The Hall–Kier alpha value is -2.90. The molecule has 0 saturated heterocycles. The molecule has 0 bridgehead atoms. The van der Waals surface area contributed by atoms with E-state index in [0.29, 0.717) is 21.3 Å². The Morgan fingerprint density at radius 2 is 1.85 bits per heavy atom. The highest BCUT2D eigenvalue weighted by Crippen LogP contribution is 2.22. The number of nitro benzene ring substituents is 1. The van der Waals surface area contributed by atoms with Gasteiger partial charge >= 0.3 is 5.97 Å². The molecule has 2 aromatic carbocycles. The van der Waals surface area contributed by atoms with Gasteiger partial charge < -0.3 is 10.1 Å². The third-order valence-electron chi connectivity index (χ3n) is 3.29. The lowest BCUT2D eigenvalue weighted by Gasteiger charge is -2.12. The van der Waals surface area contributed by atoms with E-state index in [1.165, 1.54) is 49.4 Å². The lowest BCUT2D eigenvalue weighted by molar-refractivity contribution is -0.384. The normalized spacial score (nSPS) is 11.8. The smallest absolute Gasteiger partial charge is 0.331 e. The van der Waals surface area contributed by atoms with Crippen LogP contribution < -0.4 is 5.32 Å². The maximum atomic E-state index is 12.1. The summed E-state index contributed by atoms with van der Waals surface area (Å²) in [6, 6.07) is 10.3. The number of anilines is 1. The molecule has 27 heavy (non-hydrogen) atoms. The number of esters is 1. The van der Waals surface area contributed by atoms with E-state index < -0.39 is 22.9 Å². The average Bonchev–Trinajstić information content (AvgIpc) is 2.59. The molecular weight excluding hydrogens is 395 g/mol. The number of benzene rings is 2. The summed E-state index contributed by atoms with van der Waals surface area (Å²) in [6.07, 6.45) is 1.36. The van der Waals surface area contributed by atoms with Gasteiger partial charge in [0.1, 0.15) is 0 Å². The highest BCUT2D eigenvalue weighted by atomic mass is 35.5. The summed E-state index contributed by atoms with van der Waals surface area (Å²) in [5.41, 5.74) is 0.720. The van der Waals surface area contributed by atoms with E-state index in [1.807, 2.05) is 0 Å². The summed E-state index contributed by atoms with van der Waals surface area (Å²) in [5, 5.41) is 14.0. The molecule has 0 saturated carbocycles. The first kappa shape index (κ1) is 20.4. The lowest BCUT2D eigenvalue weighted by atomic mass is 10.2. The first-order valence-electron chi connectivity index (χ1n) is 7.64. The molecule has 0 heterocycles. The first-order chi connectivity index (χ1) is 12.7. The van der Waals surface area contributed by atoms with Gasteiger partial charge in [0.05, 0.1) is 4.92 Å². The Bertz CT molecular complexity index is 894. The molecule has 9 heteroatoms. The van der Waals surface area contributed by atoms with Crippen LogP contribution in [0.25, 0.3) is 6.08 Å². The summed E-state index contributed by atoms with van der Waals surface area (Å²) < 4.78 is 5.01. The van der Waals surface area contributed by atoms with Gasteiger partial charge in [0.25, 0.3) is 11.6 Å². The Labute approximate surface area is 164 Å². The zero-order chi connectivity index (χ0) is 20.0. The third kappa shape index (κ3) is 6.40. The van der Waals surface area contributed by atoms with Gasteiger partial charge in [-0.3, -0.25) is 14.9 Å². The lowest BCUT2D eigenvalue weighted by Crippen LogP contribution is -2.29. The van der Waals surface area contributed by atoms with Crippen LogP contribution in [0.4, 0.5) is 11.4 Å². The molecule has 1 N–H and O–H groups in total. The van der Waals surface area contributed by atoms with Crippen molar-refractivity contribution in [3.05, 3.63) is 74.3 Å². The molecule has 0 spiro atoms. The SMILES string of the molecule is C[C@H](OC(=O)/C=C/c1cccc([N+](=O)[O-])c1)C(=O)Nc1cc(Cl)cc(Cl)c1. The fourth-order valence-electron chi connectivity index (χ4n) is 2.04. The zero-order valence-corrected chi connectivity index (χ0v) is 15.5. The van der Waals surface area contributed by atoms with E-state index in [4.69, 9.17) is 27.9 Å². The quantitative estimate of drug-likeness (QED) is 0.328. The van der Waals surface area contributed by atoms with Crippen molar-refractivity contribution in [1.82, 2.24) is 0 Å². The van der Waals surface area contributed by atoms with Gasteiger partial charge in [0.2, 0.25) is 0 Å². The zero-order valence-electron chi connectivity index (χ0n) is 14.0. The minimum atomic E-state index is -1.08. The van der Waals surface area contributed by atoms with Gasteiger partial charge in [-0.15, -0.1) is 0 Å². The molecule has 0 aliphatic heterocycles. The molecule has 0 aliphatic carbocycles. The summed E-state index contributed by atoms with van der Waals surface area (Å²) in [5.74, 6) is -1.33. The Kier molecular flexibility index (Phi) is 6.92. The molecule has 0 radical (unpaired) electrons. The first-order valence-corrected chi connectivity index (χ1v) is 8.40. The second-order valence-corrected chi connectivity index (χ2v) is 6.28. The molecular formula is C18H14Cl2N2O5. The van der Waals surface area contributed by atoms with Gasteiger partial charge in [0.15, 0.2) is 6.10 Å². The minimum absolute atomic E-state index is 0.0987. The minimum Gasteiger partial charge on any atom is -0.449 e. The summed E-state index contributed by atoms with van der Waals surface area (Å²) in [6.45, 7) is 1.40. The van der Waals surface area contributed by atoms with Crippen molar-refractivity contribution in [3.63, 3.8) is 0 Å². The van der Waals surface area contributed by atoms with Gasteiger partial charge in [-0.1, -0.05) is 35.3 Å². The second kappa shape index (κ2) is 9.16. The molecule has 7 nitrogen and oxygen atoms in total. The van der Waals surface area contributed by atoms with Gasteiger partial charge in [-0.25, -0.2) is 4.79 Å². The van der Waals surface area contributed by atoms with Gasteiger partial charge in [0, 0.05) is 33.9 Å². The van der Waals surface area contributed by atoms with Crippen molar-refractivity contribution in [3.8, 4) is 0 Å². The Morgan fingerprint density at radius 1 is 1.19 bits per heavy atom. The molecule has 2 rings (SSSR count). The number of nitrogens with zero attached hydrogens (tertiary/aromatic N) is 1. The standard InChI is InChI=1S/C18H14Cl2N2O5/c1-11(18(24)21-15-9-13(19)8-14(20)10-15)27-17(23)6-5-12-3-2-4-16(7-12)22(25)26/h2-11H,1H3,(H,21,24)/b6-5+/t11-/m0/s1.